The maximum Gasteiger partial charge on any atom is 0.246 e. The fourth-order valence-corrected chi connectivity index (χ4v) is 3.59. The molecule has 4 nitrogen and oxygen atoms in total. The van der Waals surface area contributed by atoms with Crippen molar-refractivity contribution in [3.63, 3.8) is 0 Å². The van der Waals surface area contributed by atoms with Crippen LogP contribution in [-0.4, -0.2) is 25.9 Å². The van der Waals surface area contributed by atoms with Crippen LogP contribution >= 0.6 is 15.9 Å². The summed E-state index contributed by atoms with van der Waals surface area (Å²) < 4.78 is 26.3. The van der Waals surface area contributed by atoms with Crippen LogP contribution in [0.5, 0.6) is 0 Å². The Hall–Kier alpha value is -0.590. The van der Waals surface area contributed by atoms with Crippen LogP contribution in [0.2, 0.25) is 0 Å². The first-order chi connectivity index (χ1) is 7.05. The molecule has 0 radical (unpaired) electrons. The Morgan fingerprint density at radius 3 is 2.93 bits per heavy atom. The molecule has 0 amide bonds. The van der Waals surface area contributed by atoms with Crippen molar-refractivity contribution in [1.29, 1.82) is 0 Å². The van der Waals surface area contributed by atoms with Gasteiger partial charge in [0, 0.05) is 11.0 Å². The molecule has 0 aliphatic carbocycles. The van der Waals surface area contributed by atoms with Crippen molar-refractivity contribution in [1.82, 2.24) is 4.31 Å². The summed E-state index contributed by atoms with van der Waals surface area (Å²) in [5, 5.41) is 3.07. The van der Waals surface area contributed by atoms with Crippen LogP contribution in [0.15, 0.2) is 27.6 Å². The lowest BCUT2D eigenvalue weighted by molar-refractivity contribution is 0.442. The van der Waals surface area contributed by atoms with Crippen molar-refractivity contribution in [3.05, 3.63) is 22.7 Å². The predicted molar refractivity (Wildman–Crippen MR) is 62.2 cm³/mol. The van der Waals surface area contributed by atoms with E-state index in [-0.39, 0.29) is 0 Å². The second-order valence-corrected chi connectivity index (χ2v) is 6.07. The van der Waals surface area contributed by atoms with Crippen LogP contribution in [0.25, 0.3) is 0 Å². The molecule has 1 aliphatic rings. The average Bonchev–Trinajstić information content (AvgIpc) is 2.19. The van der Waals surface area contributed by atoms with Crippen LogP contribution < -0.4 is 5.32 Å². The lowest BCUT2D eigenvalue weighted by atomic mass is 10.3. The number of halogens is 1. The Balaban J connectivity index is 2.60. The number of nitrogens with one attached hydrogen (secondary N) is 1. The highest BCUT2D eigenvalue weighted by Crippen LogP contribution is 2.31. The summed E-state index contributed by atoms with van der Waals surface area (Å²) in [6.45, 7) is 2.64. The summed E-state index contributed by atoms with van der Waals surface area (Å²) in [6, 6.07) is 5.21. The molecule has 1 aromatic rings. The van der Waals surface area contributed by atoms with Gasteiger partial charge >= 0.3 is 0 Å². The normalized spacial score (nSPS) is 19.3. The fourth-order valence-electron chi connectivity index (χ4n) is 1.53. The van der Waals surface area contributed by atoms with Crippen LogP contribution in [0.3, 0.4) is 0 Å². The number of hydrogen-bond donors (Lipinski definition) is 1. The van der Waals surface area contributed by atoms with E-state index < -0.39 is 10.0 Å². The van der Waals surface area contributed by atoms with E-state index in [4.69, 9.17) is 0 Å². The van der Waals surface area contributed by atoms with Gasteiger partial charge in [0.15, 0.2) is 0 Å². The number of nitrogens with zero attached hydrogens (tertiary/aromatic N) is 1. The number of fused-ring (bicyclic) bond motifs is 1. The molecule has 15 heavy (non-hydrogen) atoms. The molecule has 1 aliphatic heterocycles. The van der Waals surface area contributed by atoms with Crippen molar-refractivity contribution in [2.75, 3.05) is 18.5 Å². The van der Waals surface area contributed by atoms with Crippen LogP contribution in [0.1, 0.15) is 6.92 Å². The van der Waals surface area contributed by atoms with Crippen molar-refractivity contribution in [3.8, 4) is 0 Å². The summed E-state index contributed by atoms with van der Waals surface area (Å²) in [7, 11) is -3.31. The standard InChI is InChI=1S/C9H11BrN2O2S/c1-2-12-6-11-8-4-3-7(10)5-9(8)15(12,13)14/h3-5,11H,2,6H2,1H3. The quantitative estimate of drug-likeness (QED) is 0.859. The minimum atomic E-state index is -3.31. The molecular formula is C9H11BrN2O2S. The van der Waals surface area contributed by atoms with Gasteiger partial charge in [0.05, 0.1) is 12.4 Å². The van der Waals surface area contributed by atoms with Crippen LogP contribution in [0, 0.1) is 0 Å². The molecule has 0 saturated carbocycles. The van der Waals surface area contributed by atoms with E-state index in [9.17, 15) is 8.42 Å². The topological polar surface area (TPSA) is 49.4 Å². The molecule has 0 saturated heterocycles. The van der Waals surface area contributed by atoms with E-state index in [0.717, 1.165) is 4.47 Å². The second-order valence-electron chi connectivity index (χ2n) is 3.25. The SMILES string of the molecule is CCN1CNc2ccc(Br)cc2S1(=O)=O. The summed E-state index contributed by atoms with van der Waals surface area (Å²) in [5.41, 5.74) is 0.669. The van der Waals surface area contributed by atoms with Crippen LogP contribution in [-0.2, 0) is 10.0 Å². The highest BCUT2D eigenvalue weighted by atomic mass is 79.9. The van der Waals surface area contributed by atoms with E-state index >= 15 is 0 Å². The van der Waals surface area contributed by atoms with Crippen molar-refractivity contribution in [2.45, 2.75) is 11.8 Å². The molecule has 2 rings (SSSR count). The van der Waals surface area contributed by atoms with Crippen molar-refractivity contribution in [2.24, 2.45) is 0 Å². The molecule has 1 N–H and O–H groups in total. The Labute approximate surface area is 97.5 Å². The Morgan fingerprint density at radius 2 is 2.27 bits per heavy atom. The number of sulfonamides is 1. The van der Waals surface area contributed by atoms with Gasteiger partial charge in [0.25, 0.3) is 0 Å². The third kappa shape index (κ3) is 1.77. The zero-order chi connectivity index (χ0) is 11.1. The molecule has 0 fully saturated rings. The van der Waals surface area contributed by atoms with Gasteiger partial charge < -0.3 is 5.32 Å². The summed E-state index contributed by atoms with van der Waals surface area (Å²) >= 11 is 3.27. The molecule has 0 spiro atoms. The minimum absolute atomic E-state index is 0.338. The van der Waals surface area contributed by atoms with E-state index in [1.165, 1.54) is 4.31 Å². The zero-order valence-corrected chi connectivity index (χ0v) is 10.6. The maximum atomic E-state index is 12.1. The number of rotatable bonds is 1. The molecule has 1 heterocycles. The van der Waals surface area contributed by atoms with E-state index in [0.29, 0.717) is 23.8 Å². The molecule has 0 unspecified atom stereocenters. The Kier molecular flexibility index (Phi) is 2.74. The largest absolute Gasteiger partial charge is 0.370 e. The first-order valence-corrected chi connectivity index (χ1v) is 6.82. The third-order valence-corrected chi connectivity index (χ3v) is 4.81. The Morgan fingerprint density at radius 1 is 1.53 bits per heavy atom. The molecular weight excluding hydrogens is 280 g/mol. The van der Waals surface area contributed by atoms with Gasteiger partial charge in [-0.25, -0.2) is 8.42 Å². The highest BCUT2D eigenvalue weighted by Gasteiger charge is 2.30. The van der Waals surface area contributed by atoms with Gasteiger partial charge in [-0.15, -0.1) is 0 Å². The second kappa shape index (κ2) is 3.77. The molecule has 1 aromatic carbocycles. The van der Waals surface area contributed by atoms with Gasteiger partial charge in [0.1, 0.15) is 4.90 Å². The smallest absolute Gasteiger partial charge is 0.246 e. The zero-order valence-electron chi connectivity index (χ0n) is 8.20. The van der Waals surface area contributed by atoms with E-state index in [2.05, 4.69) is 21.2 Å². The first-order valence-electron chi connectivity index (χ1n) is 4.59. The Bertz CT molecular complexity index is 487. The first kappa shape index (κ1) is 10.9. The molecule has 82 valence electrons. The van der Waals surface area contributed by atoms with Crippen molar-refractivity contribution < 1.29 is 8.42 Å². The van der Waals surface area contributed by atoms with E-state index in [1.54, 1.807) is 12.1 Å². The van der Waals surface area contributed by atoms with Crippen LogP contribution in [0.4, 0.5) is 5.69 Å². The molecule has 6 heteroatoms. The van der Waals surface area contributed by atoms with Gasteiger partial charge in [0.2, 0.25) is 10.0 Å². The molecule has 0 aromatic heterocycles. The van der Waals surface area contributed by atoms with Crippen molar-refractivity contribution >= 4 is 31.6 Å². The lowest BCUT2D eigenvalue weighted by Crippen LogP contribution is -2.39. The van der Waals surface area contributed by atoms with Gasteiger partial charge in [-0.05, 0) is 18.2 Å². The van der Waals surface area contributed by atoms with Gasteiger partial charge in [-0.3, -0.25) is 0 Å². The maximum absolute atomic E-state index is 12.1. The number of benzene rings is 1. The fraction of sp³-hybridized carbons (Fsp3) is 0.333. The average molecular weight is 291 g/mol. The third-order valence-electron chi connectivity index (χ3n) is 2.36. The minimum Gasteiger partial charge on any atom is -0.370 e. The molecule has 0 bridgehead atoms. The van der Waals surface area contributed by atoms with Gasteiger partial charge in [-0.2, -0.15) is 4.31 Å². The number of hydrogen-bond acceptors (Lipinski definition) is 3. The summed E-state index contributed by atoms with van der Waals surface area (Å²) in [6.07, 6.45) is 0. The lowest BCUT2D eigenvalue weighted by Gasteiger charge is -2.28. The predicted octanol–water partition coefficient (Wildman–Crippen LogP) is 1.84. The summed E-state index contributed by atoms with van der Waals surface area (Å²) in [4.78, 5) is 0.338. The molecule has 0 atom stereocenters. The highest BCUT2D eigenvalue weighted by molar-refractivity contribution is 9.10. The summed E-state index contributed by atoms with van der Waals surface area (Å²) in [5.74, 6) is 0. The number of anilines is 1. The van der Waals surface area contributed by atoms with E-state index in [1.807, 2.05) is 13.0 Å². The monoisotopic (exact) mass is 290 g/mol. The van der Waals surface area contributed by atoms with Gasteiger partial charge in [-0.1, -0.05) is 22.9 Å².